The highest BCUT2D eigenvalue weighted by Crippen LogP contribution is 2.29. The third-order valence-electron chi connectivity index (χ3n) is 4.18. The van der Waals surface area contributed by atoms with Crippen LogP contribution < -0.4 is 0 Å². The minimum Gasteiger partial charge on any atom is -0.381 e. The Morgan fingerprint density at radius 2 is 2.22 bits per heavy atom. The molecule has 2 heterocycles. The average Bonchev–Trinajstić information content (AvgIpc) is 3.10. The fourth-order valence-electron chi connectivity index (χ4n) is 2.98. The Balaban J connectivity index is 1.92. The molecule has 23 heavy (non-hydrogen) atoms. The molecular weight excluding hydrogens is 316 g/mol. The zero-order chi connectivity index (χ0) is 16.2. The van der Waals surface area contributed by atoms with Crippen LogP contribution in [0.25, 0.3) is 0 Å². The van der Waals surface area contributed by atoms with E-state index in [-0.39, 0.29) is 23.8 Å². The molecule has 1 fully saturated rings. The number of amides is 1. The van der Waals surface area contributed by atoms with Crippen LogP contribution in [-0.2, 0) is 4.74 Å². The van der Waals surface area contributed by atoms with Gasteiger partial charge in [0, 0.05) is 24.3 Å². The first-order valence-electron chi connectivity index (χ1n) is 7.68. The lowest BCUT2D eigenvalue weighted by molar-refractivity contribution is 0.0174. The molecule has 1 saturated heterocycles. The molecule has 1 aliphatic rings. The molecule has 2 aromatic rings. The first-order valence-corrected chi connectivity index (χ1v) is 8.06. The molecule has 0 saturated carbocycles. The van der Waals surface area contributed by atoms with Crippen molar-refractivity contribution in [1.29, 1.82) is 0 Å². The molecule has 1 aromatic carbocycles. The molecule has 3 rings (SSSR count). The van der Waals surface area contributed by atoms with Crippen molar-refractivity contribution in [2.75, 3.05) is 13.2 Å². The number of H-pyrrole nitrogens is 1. The maximum atomic E-state index is 12.9. The summed E-state index contributed by atoms with van der Waals surface area (Å²) in [6.07, 6.45) is 2.97. The van der Waals surface area contributed by atoms with Gasteiger partial charge in [-0.15, -0.1) is 0 Å². The van der Waals surface area contributed by atoms with E-state index in [1.54, 1.807) is 0 Å². The molecule has 1 aromatic heterocycles. The van der Waals surface area contributed by atoms with Crippen molar-refractivity contribution >= 4 is 17.5 Å². The van der Waals surface area contributed by atoms with E-state index in [0.717, 1.165) is 18.4 Å². The number of ether oxygens (including phenoxy) is 1. The highest BCUT2D eigenvalue weighted by atomic mass is 35.5. The molecule has 1 atom stereocenters. The number of benzene rings is 1. The summed E-state index contributed by atoms with van der Waals surface area (Å²) in [5.74, 6) is 0.104. The van der Waals surface area contributed by atoms with Crippen molar-refractivity contribution in [3.8, 4) is 0 Å². The van der Waals surface area contributed by atoms with E-state index in [1.165, 1.54) is 6.33 Å². The van der Waals surface area contributed by atoms with Gasteiger partial charge in [-0.1, -0.05) is 23.7 Å². The summed E-state index contributed by atoms with van der Waals surface area (Å²) in [7, 11) is 0. The molecule has 0 radical (unpaired) electrons. The van der Waals surface area contributed by atoms with E-state index in [1.807, 2.05) is 36.1 Å². The smallest absolute Gasteiger partial charge is 0.291 e. The monoisotopic (exact) mass is 334 g/mol. The number of hydrogen-bond acceptors (Lipinski definition) is 4. The van der Waals surface area contributed by atoms with Gasteiger partial charge >= 0.3 is 0 Å². The van der Waals surface area contributed by atoms with E-state index in [0.29, 0.717) is 18.2 Å². The lowest BCUT2D eigenvalue weighted by Crippen LogP contribution is -2.45. The Hall–Kier alpha value is -1.92. The first kappa shape index (κ1) is 16.0. The van der Waals surface area contributed by atoms with Crippen LogP contribution in [0.2, 0.25) is 5.02 Å². The van der Waals surface area contributed by atoms with Crippen molar-refractivity contribution in [1.82, 2.24) is 20.1 Å². The number of rotatable bonds is 4. The van der Waals surface area contributed by atoms with Crippen LogP contribution in [0, 0.1) is 0 Å². The summed E-state index contributed by atoms with van der Waals surface area (Å²) in [6, 6.07) is 7.59. The Morgan fingerprint density at radius 1 is 1.43 bits per heavy atom. The molecule has 0 bridgehead atoms. The predicted molar refractivity (Wildman–Crippen MR) is 86.3 cm³/mol. The molecule has 1 aliphatic heterocycles. The zero-order valence-electron chi connectivity index (χ0n) is 12.9. The van der Waals surface area contributed by atoms with Crippen molar-refractivity contribution < 1.29 is 9.53 Å². The van der Waals surface area contributed by atoms with E-state index in [4.69, 9.17) is 16.3 Å². The van der Waals surface area contributed by atoms with Crippen LogP contribution in [0.1, 0.15) is 42.0 Å². The van der Waals surface area contributed by atoms with E-state index < -0.39 is 0 Å². The molecule has 1 amide bonds. The molecule has 0 spiro atoms. The third-order valence-corrected chi connectivity index (χ3v) is 4.42. The van der Waals surface area contributed by atoms with Crippen molar-refractivity contribution in [3.05, 3.63) is 47.0 Å². The molecule has 1 N–H and O–H groups in total. The van der Waals surface area contributed by atoms with Crippen LogP contribution >= 0.6 is 11.6 Å². The van der Waals surface area contributed by atoms with Crippen LogP contribution in [0.5, 0.6) is 0 Å². The summed E-state index contributed by atoms with van der Waals surface area (Å²) in [6.45, 7) is 3.33. The topological polar surface area (TPSA) is 71.1 Å². The predicted octanol–water partition coefficient (Wildman–Crippen LogP) is 2.84. The Bertz CT molecular complexity index is 656. The van der Waals surface area contributed by atoms with Gasteiger partial charge < -0.3 is 9.64 Å². The number of hydrogen-bond donors (Lipinski definition) is 1. The number of carbonyl (C=O) groups excluding carboxylic acids is 1. The number of nitrogens with one attached hydrogen (secondary N) is 1. The van der Waals surface area contributed by atoms with Gasteiger partial charge in [-0.25, -0.2) is 4.98 Å². The lowest BCUT2D eigenvalue weighted by Gasteiger charge is -2.38. The number of aromatic amines is 1. The van der Waals surface area contributed by atoms with Gasteiger partial charge in [-0.05, 0) is 37.5 Å². The quantitative estimate of drug-likeness (QED) is 0.933. The van der Waals surface area contributed by atoms with E-state index in [2.05, 4.69) is 15.2 Å². The zero-order valence-corrected chi connectivity index (χ0v) is 13.7. The fourth-order valence-corrected chi connectivity index (χ4v) is 3.18. The number of halogens is 1. The molecule has 6 nitrogen and oxygen atoms in total. The molecule has 1 unspecified atom stereocenters. The Kier molecular flexibility index (Phi) is 4.93. The minimum absolute atomic E-state index is 0.107. The van der Waals surface area contributed by atoms with Gasteiger partial charge in [0.1, 0.15) is 6.33 Å². The highest BCUT2D eigenvalue weighted by Gasteiger charge is 2.32. The summed E-state index contributed by atoms with van der Waals surface area (Å²) < 4.78 is 5.43. The largest absolute Gasteiger partial charge is 0.381 e. The first-order chi connectivity index (χ1) is 11.2. The number of aromatic nitrogens is 3. The van der Waals surface area contributed by atoms with Crippen molar-refractivity contribution in [3.63, 3.8) is 0 Å². The summed E-state index contributed by atoms with van der Waals surface area (Å²) in [4.78, 5) is 18.8. The van der Waals surface area contributed by atoms with Gasteiger partial charge in [0.05, 0.1) is 6.04 Å². The van der Waals surface area contributed by atoms with Crippen LogP contribution in [0.15, 0.2) is 30.6 Å². The SMILES string of the molecule is CC(c1cccc(Cl)c1)N(C(=O)c1ncn[nH]1)C1CCOCC1. The van der Waals surface area contributed by atoms with Gasteiger partial charge in [-0.2, -0.15) is 5.10 Å². The minimum atomic E-state index is -0.151. The summed E-state index contributed by atoms with van der Waals surface area (Å²) in [5, 5.41) is 7.11. The second-order valence-electron chi connectivity index (χ2n) is 5.62. The summed E-state index contributed by atoms with van der Waals surface area (Å²) >= 11 is 6.11. The fraction of sp³-hybridized carbons (Fsp3) is 0.438. The normalized spacial score (nSPS) is 17.0. The van der Waals surface area contributed by atoms with Crippen LogP contribution in [0.4, 0.5) is 0 Å². The molecule has 7 heteroatoms. The van der Waals surface area contributed by atoms with Gasteiger partial charge in [0.15, 0.2) is 0 Å². The maximum absolute atomic E-state index is 12.9. The van der Waals surface area contributed by atoms with Crippen LogP contribution in [0.3, 0.4) is 0 Å². The summed E-state index contributed by atoms with van der Waals surface area (Å²) in [5.41, 5.74) is 0.997. The van der Waals surface area contributed by atoms with Gasteiger partial charge in [0.2, 0.25) is 5.82 Å². The number of nitrogens with zero attached hydrogens (tertiary/aromatic N) is 3. The lowest BCUT2D eigenvalue weighted by atomic mass is 10.0. The molecule has 122 valence electrons. The Morgan fingerprint density at radius 3 is 2.87 bits per heavy atom. The van der Waals surface area contributed by atoms with Crippen molar-refractivity contribution in [2.45, 2.75) is 31.8 Å². The molecule has 0 aliphatic carbocycles. The third kappa shape index (κ3) is 3.54. The van der Waals surface area contributed by atoms with Gasteiger partial charge in [-0.3, -0.25) is 9.89 Å². The second-order valence-corrected chi connectivity index (χ2v) is 6.06. The second kappa shape index (κ2) is 7.10. The highest BCUT2D eigenvalue weighted by molar-refractivity contribution is 6.30. The van der Waals surface area contributed by atoms with E-state index in [9.17, 15) is 4.79 Å². The standard InChI is InChI=1S/C16H19ClN4O2/c1-11(12-3-2-4-13(17)9-12)21(14-5-7-23-8-6-14)16(22)15-18-10-19-20-15/h2-4,9-11,14H,5-8H2,1H3,(H,18,19,20). The maximum Gasteiger partial charge on any atom is 0.291 e. The van der Waals surface area contributed by atoms with Gasteiger partial charge in [0.25, 0.3) is 5.91 Å². The number of carbonyl (C=O) groups is 1. The van der Waals surface area contributed by atoms with E-state index >= 15 is 0 Å². The average molecular weight is 335 g/mol. The van der Waals surface area contributed by atoms with Crippen LogP contribution in [-0.4, -0.2) is 45.2 Å². The molecular formula is C16H19ClN4O2. The Labute approximate surface area is 139 Å². The van der Waals surface area contributed by atoms with Crippen molar-refractivity contribution in [2.24, 2.45) is 0 Å².